The van der Waals surface area contributed by atoms with Crippen LogP contribution in [-0.2, 0) is 0 Å². The van der Waals surface area contributed by atoms with Crippen molar-refractivity contribution >= 4 is 11.3 Å². The zero-order valence-electron chi connectivity index (χ0n) is 10.7. The van der Waals surface area contributed by atoms with Crippen molar-refractivity contribution in [2.45, 2.75) is 37.4 Å². The predicted octanol–water partition coefficient (Wildman–Crippen LogP) is 1.82. The molecule has 0 spiro atoms. The number of nitrogens with zero attached hydrogens (tertiary/aromatic N) is 1. The highest BCUT2D eigenvalue weighted by molar-refractivity contribution is 7.10. The van der Waals surface area contributed by atoms with Gasteiger partial charge in [-0.1, -0.05) is 6.07 Å². The summed E-state index contributed by atoms with van der Waals surface area (Å²) in [6, 6.07) is 5.85. The molecule has 17 heavy (non-hydrogen) atoms. The van der Waals surface area contributed by atoms with Gasteiger partial charge in [-0.05, 0) is 44.8 Å². The molecule has 1 saturated carbocycles. The molecule has 3 N–H and O–H groups in total. The molecule has 1 aliphatic rings. The first kappa shape index (κ1) is 13.0. The van der Waals surface area contributed by atoms with Crippen LogP contribution in [0.4, 0.5) is 0 Å². The summed E-state index contributed by atoms with van der Waals surface area (Å²) in [5.74, 6) is 0. The van der Waals surface area contributed by atoms with Crippen LogP contribution in [0.1, 0.15) is 30.2 Å². The molecule has 0 aromatic carbocycles. The van der Waals surface area contributed by atoms with E-state index in [0.29, 0.717) is 18.1 Å². The van der Waals surface area contributed by atoms with Gasteiger partial charge in [0.15, 0.2) is 0 Å². The summed E-state index contributed by atoms with van der Waals surface area (Å²) in [6.07, 6.45) is 3.53. The second kappa shape index (κ2) is 5.96. The quantitative estimate of drug-likeness (QED) is 0.841. The fourth-order valence-corrected chi connectivity index (χ4v) is 3.42. The third-order valence-electron chi connectivity index (χ3n) is 3.57. The van der Waals surface area contributed by atoms with E-state index < -0.39 is 0 Å². The molecule has 0 radical (unpaired) electrons. The summed E-state index contributed by atoms with van der Waals surface area (Å²) in [6.45, 7) is 1.02. The summed E-state index contributed by atoms with van der Waals surface area (Å²) in [5.41, 5.74) is 5.94. The van der Waals surface area contributed by atoms with Crippen molar-refractivity contribution in [2.75, 3.05) is 20.6 Å². The van der Waals surface area contributed by atoms with E-state index in [4.69, 9.17) is 5.73 Å². The van der Waals surface area contributed by atoms with Gasteiger partial charge in [-0.25, -0.2) is 0 Å². The van der Waals surface area contributed by atoms with Gasteiger partial charge in [-0.3, -0.25) is 0 Å². The van der Waals surface area contributed by atoms with Crippen LogP contribution in [0.3, 0.4) is 0 Å². The van der Waals surface area contributed by atoms with Crippen molar-refractivity contribution in [3.8, 4) is 0 Å². The second-order valence-electron chi connectivity index (χ2n) is 5.17. The molecule has 96 valence electrons. The topological polar surface area (TPSA) is 41.3 Å². The number of rotatable bonds is 5. The molecule has 1 heterocycles. The largest absolute Gasteiger partial charge is 0.328 e. The molecule has 0 amide bonds. The molecule has 3 atom stereocenters. The standard InChI is InChI=1S/C13H23N3S/c1-16(2)12(13-4-3-7-17-13)9-15-11-6-5-10(14)8-11/h3-4,7,10-12,15H,5-6,8-9,14H2,1-2H3. The van der Waals surface area contributed by atoms with Crippen molar-refractivity contribution in [3.63, 3.8) is 0 Å². The summed E-state index contributed by atoms with van der Waals surface area (Å²) in [7, 11) is 4.29. The van der Waals surface area contributed by atoms with Crippen LogP contribution >= 0.6 is 11.3 Å². The molecule has 4 heteroatoms. The average molecular weight is 253 g/mol. The van der Waals surface area contributed by atoms with Crippen molar-refractivity contribution in [1.82, 2.24) is 10.2 Å². The van der Waals surface area contributed by atoms with Gasteiger partial charge in [0.2, 0.25) is 0 Å². The normalized spacial score (nSPS) is 26.6. The van der Waals surface area contributed by atoms with E-state index in [-0.39, 0.29) is 0 Å². The van der Waals surface area contributed by atoms with Crippen LogP contribution in [0.25, 0.3) is 0 Å². The lowest BCUT2D eigenvalue weighted by Gasteiger charge is -2.25. The minimum absolute atomic E-state index is 0.409. The summed E-state index contributed by atoms with van der Waals surface area (Å²) in [4.78, 5) is 3.72. The van der Waals surface area contributed by atoms with Crippen LogP contribution in [-0.4, -0.2) is 37.6 Å². The monoisotopic (exact) mass is 253 g/mol. The van der Waals surface area contributed by atoms with E-state index >= 15 is 0 Å². The maximum absolute atomic E-state index is 5.94. The lowest BCUT2D eigenvalue weighted by atomic mass is 10.2. The van der Waals surface area contributed by atoms with Crippen LogP contribution in [0.2, 0.25) is 0 Å². The molecule has 3 nitrogen and oxygen atoms in total. The minimum Gasteiger partial charge on any atom is -0.328 e. The highest BCUT2D eigenvalue weighted by atomic mass is 32.1. The molecule has 1 aliphatic carbocycles. The third-order valence-corrected chi connectivity index (χ3v) is 4.54. The minimum atomic E-state index is 0.409. The first-order chi connectivity index (χ1) is 8.16. The Morgan fingerprint density at radius 1 is 1.53 bits per heavy atom. The van der Waals surface area contributed by atoms with Crippen molar-refractivity contribution in [1.29, 1.82) is 0 Å². The first-order valence-corrected chi connectivity index (χ1v) is 7.23. The lowest BCUT2D eigenvalue weighted by molar-refractivity contribution is 0.283. The zero-order chi connectivity index (χ0) is 12.3. The molecule has 1 aromatic heterocycles. The van der Waals surface area contributed by atoms with Crippen LogP contribution in [0.15, 0.2) is 17.5 Å². The summed E-state index contributed by atoms with van der Waals surface area (Å²) >= 11 is 1.84. The van der Waals surface area contributed by atoms with Gasteiger partial charge in [0.05, 0.1) is 6.04 Å². The highest BCUT2D eigenvalue weighted by Gasteiger charge is 2.23. The molecule has 2 rings (SSSR count). The average Bonchev–Trinajstić information content (AvgIpc) is 2.90. The van der Waals surface area contributed by atoms with Gasteiger partial charge in [0, 0.05) is 23.5 Å². The molecule has 1 aromatic rings. The predicted molar refractivity (Wildman–Crippen MR) is 74.4 cm³/mol. The number of nitrogens with two attached hydrogens (primary N) is 1. The van der Waals surface area contributed by atoms with E-state index in [1.807, 2.05) is 11.3 Å². The number of thiophene rings is 1. The Morgan fingerprint density at radius 2 is 2.35 bits per heavy atom. The third kappa shape index (κ3) is 3.52. The van der Waals surface area contributed by atoms with Gasteiger partial charge in [0.25, 0.3) is 0 Å². The zero-order valence-corrected chi connectivity index (χ0v) is 11.5. The fraction of sp³-hybridized carbons (Fsp3) is 0.692. The van der Waals surface area contributed by atoms with Crippen molar-refractivity contribution in [3.05, 3.63) is 22.4 Å². The molecule has 1 fully saturated rings. The second-order valence-corrected chi connectivity index (χ2v) is 6.15. The summed E-state index contributed by atoms with van der Waals surface area (Å²) in [5, 5.41) is 5.82. The lowest BCUT2D eigenvalue weighted by Crippen LogP contribution is -2.36. The van der Waals surface area contributed by atoms with Crippen LogP contribution in [0, 0.1) is 0 Å². The number of nitrogens with one attached hydrogen (secondary N) is 1. The number of hydrogen-bond acceptors (Lipinski definition) is 4. The van der Waals surface area contributed by atoms with Gasteiger partial charge in [-0.2, -0.15) is 0 Å². The molecule has 0 aliphatic heterocycles. The van der Waals surface area contributed by atoms with E-state index in [2.05, 4.69) is 41.8 Å². The Labute approximate surface area is 108 Å². The maximum atomic E-state index is 5.94. The number of hydrogen-bond donors (Lipinski definition) is 2. The fourth-order valence-electron chi connectivity index (χ4n) is 2.50. The van der Waals surface area contributed by atoms with Crippen LogP contribution < -0.4 is 11.1 Å². The van der Waals surface area contributed by atoms with Gasteiger partial charge < -0.3 is 16.0 Å². The van der Waals surface area contributed by atoms with Gasteiger partial charge >= 0.3 is 0 Å². The Kier molecular flexibility index (Phi) is 4.56. The Bertz CT molecular complexity index is 323. The highest BCUT2D eigenvalue weighted by Crippen LogP contribution is 2.24. The van der Waals surface area contributed by atoms with E-state index in [1.165, 1.54) is 17.7 Å². The molecule has 0 bridgehead atoms. The van der Waals surface area contributed by atoms with Crippen molar-refractivity contribution in [2.24, 2.45) is 5.73 Å². The van der Waals surface area contributed by atoms with Crippen LogP contribution in [0.5, 0.6) is 0 Å². The molecule has 0 saturated heterocycles. The molecular weight excluding hydrogens is 230 g/mol. The maximum Gasteiger partial charge on any atom is 0.0561 e. The molecular formula is C13H23N3S. The smallest absolute Gasteiger partial charge is 0.0561 e. The van der Waals surface area contributed by atoms with Crippen molar-refractivity contribution < 1.29 is 0 Å². The van der Waals surface area contributed by atoms with E-state index in [1.54, 1.807) is 0 Å². The Hall–Kier alpha value is -0.420. The first-order valence-electron chi connectivity index (χ1n) is 6.35. The number of likely N-dealkylation sites (N-methyl/N-ethyl adjacent to an activating group) is 1. The van der Waals surface area contributed by atoms with E-state index in [9.17, 15) is 0 Å². The Balaban J connectivity index is 1.86. The summed E-state index contributed by atoms with van der Waals surface area (Å²) < 4.78 is 0. The van der Waals surface area contributed by atoms with Gasteiger partial charge in [-0.15, -0.1) is 11.3 Å². The van der Waals surface area contributed by atoms with Gasteiger partial charge in [0.1, 0.15) is 0 Å². The SMILES string of the molecule is CN(C)C(CNC1CCC(N)C1)c1cccs1. The Morgan fingerprint density at radius 3 is 2.88 bits per heavy atom. The van der Waals surface area contributed by atoms with E-state index in [0.717, 1.165) is 13.0 Å². The molecule has 3 unspecified atom stereocenters.